The van der Waals surface area contributed by atoms with Crippen molar-refractivity contribution in [3.05, 3.63) is 69.7 Å². The predicted octanol–water partition coefficient (Wildman–Crippen LogP) is 3.35. The normalized spacial score (nSPS) is 21.4. The molecule has 2 N–H and O–H groups in total. The van der Waals surface area contributed by atoms with Crippen LogP contribution >= 0.6 is 15.9 Å². The Morgan fingerprint density at radius 3 is 2.45 bits per heavy atom. The lowest BCUT2D eigenvalue weighted by atomic mass is 9.84. The van der Waals surface area contributed by atoms with E-state index in [0.29, 0.717) is 6.61 Å². The Balaban J connectivity index is 2.21. The Kier molecular flexibility index (Phi) is 3.26. The molecule has 1 aliphatic rings. The smallest absolute Gasteiger partial charge is 0.283 e. The van der Waals surface area contributed by atoms with Crippen LogP contribution in [0.3, 0.4) is 0 Å². The molecule has 1 atom stereocenters. The fraction of sp³-hybridized carbons (Fsp3) is 0.188. The number of rotatable bonds is 2. The lowest BCUT2D eigenvalue weighted by Gasteiger charge is -2.25. The van der Waals surface area contributed by atoms with Crippen molar-refractivity contribution in [1.82, 2.24) is 0 Å². The molecule has 0 bridgehead atoms. The van der Waals surface area contributed by atoms with E-state index in [-0.39, 0.29) is 6.02 Å². The molecule has 0 unspecified atom stereocenters. The van der Waals surface area contributed by atoms with Crippen LogP contribution in [0, 0.1) is 6.92 Å². The van der Waals surface area contributed by atoms with Gasteiger partial charge >= 0.3 is 0 Å². The van der Waals surface area contributed by atoms with Crippen LogP contribution in [-0.4, -0.2) is 12.6 Å². The van der Waals surface area contributed by atoms with Crippen molar-refractivity contribution >= 4 is 22.0 Å². The van der Waals surface area contributed by atoms with E-state index in [2.05, 4.69) is 58.2 Å². The first kappa shape index (κ1) is 13.2. The molecule has 3 nitrogen and oxygen atoms in total. The van der Waals surface area contributed by atoms with Gasteiger partial charge in [0.1, 0.15) is 6.61 Å². The topological polar surface area (TPSA) is 47.6 Å². The number of ether oxygens (including phenoxy) is 1. The van der Waals surface area contributed by atoms with Crippen LogP contribution in [0.4, 0.5) is 0 Å². The van der Waals surface area contributed by atoms with Crippen molar-refractivity contribution in [2.24, 2.45) is 10.7 Å². The van der Waals surface area contributed by atoms with Gasteiger partial charge in [-0.3, -0.25) is 0 Å². The average Bonchev–Trinajstić information content (AvgIpc) is 2.82. The minimum absolute atomic E-state index is 0.242. The molecule has 3 rings (SSSR count). The maximum absolute atomic E-state index is 5.78. The van der Waals surface area contributed by atoms with E-state index in [1.807, 2.05) is 18.2 Å². The Labute approximate surface area is 126 Å². The summed E-state index contributed by atoms with van der Waals surface area (Å²) in [5, 5.41) is 0. The minimum Gasteiger partial charge on any atom is -0.462 e. The van der Waals surface area contributed by atoms with E-state index >= 15 is 0 Å². The summed E-state index contributed by atoms with van der Waals surface area (Å²) in [6.45, 7) is 2.50. The van der Waals surface area contributed by atoms with Gasteiger partial charge in [-0.05, 0) is 30.2 Å². The molecule has 2 aromatic carbocycles. The highest BCUT2D eigenvalue weighted by Crippen LogP contribution is 2.38. The fourth-order valence-corrected chi connectivity index (χ4v) is 2.94. The molecule has 0 fully saturated rings. The van der Waals surface area contributed by atoms with Crippen LogP contribution in [-0.2, 0) is 10.3 Å². The van der Waals surface area contributed by atoms with Crippen molar-refractivity contribution in [2.45, 2.75) is 12.5 Å². The molecule has 0 saturated carbocycles. The Morgan fingerprint density at radius 1 is 1.15 bits per heavy atom. The summed E-state index contributed by atoms with van der Waals surface area (Å²) in [6.07, 6.45) is 0. The zero-order valence-corrected chi connectivity index (χ0v) is 12.7. The van der Waals surface area contributed by atoms with Gasteiger partial charge in [-0.1, -0.05) is 57.9 Å². The van der Waals surface area contributed by atoms with E-state index in [1.54, 1.807) is 0 Å². The molecule has 0 spiro atoms. The molecule has 0 saturated heterocycles. The van der Waals surface area contributed by atoms with Crippen LogP contribution in [0.5, 0.6) is 0 Å². The predicted molar refractivity (Wildman–Crippen MR) is 83.7 cm³/mol. The summed E-state index contributed by atoms with van der Waals surface area (Å²) in [5.41, 5.74) is 8.57. The average molecular weight is 331 g/mol. The number of aryl methyl sites for hydroxylation is 1. The minimum atomic E-state index is -0.556. The van der Waals surface area contributed by atoms with E-state index in [4.69, 9.17) is 10.5 Å². The Hall–Kier alpha value is -1.81. The first-order valence-electron chi connectivity index (χ1n) is 6.41. The molecule has 1 aliphatic heterocycles. The first-order chi connectivity index (χ1) is 9.60. The summed E-state index contributed by atoms with van der Waals surface area (Å²) in [4.78, 5) is 4.59. The molecule has 4 heteroatoms. The number of halogens is 1. The lowest BCUT2D eigenvalue weighted by molar-refractivity contribution is 0.278. The van der Waals surface area contributed by atoms with Gasteiger partial charge in [0.25, 0.3) is 6.02 Å². The number of amidine groups is 1. The maximum atomic E-state index is 5.78. The van der Waals surface area contributed by atoms with Gasteiger partial charge in [0, 0.05) is 4.47 Å². The lowest BCUT2D eigenvalue weighted by Crippen LogP contribution is -2.27. The molecule has 20 heavy (non-hydrogen) atoms. The van der Waals surface area contributed by atoms with Crippen LogP contribution in [0.2, 0.25) is 0 Å². The third-order valence-electron chi connectivity index (χ3n) is 3.53. The number of hydrogen-bond acceptors (Lipinski definition) is 3. The summed E-state index contributed by atoms with van der Waals surface area (Å²) >= 11 is 3.52. The molecule has 0 radical (unpaired) electrons. The second-order valence-electron chi connectivity index (χ2n) is 4.98. The van der Waals surface area contributed by atoms with Crippen LogP contribution in [0.25, 0.3) is 0 Å². The Morgan fingerprint density at radius 2 is 1.85 bits per heavy atom. The van der Waals surface area contributed by atoms with Gasteiger partial charge in [0.05, 0.1) is 0 Å². The number of nitrogens with two attached hydrogens (primary N) is 1. The maximum Gasteiger partial charge on any atom is 0.283 e. The molecule has 102 valence electrons. The van der Waals surface area contributed by atoms with Crippen LogP contribution in [0.1, 0.15) is 16.7 Å². The van der Waals surface area contributed by atoms with Crippen LogP contribution in [0.15, 0.2) is 58.0 Å². The number of benzene rings is 2. The molecule has 0 amide bonds. The monoisotopic (exact) mass is 330 g/mol. The zero-order chi connectivity index (χ0) is 14.2. The fourth-order valence-electron chi connectivity index (χ4n) is 2.54. The van der Waals surface area contributed by atoms with Gasteiger partial charge in [-0.25, -0.2) is 4.99 Å². The van der Waals surface area contributed by atoms with Gasteiger partial charge in [0.15, 0.2) is 5.54 Å². The molecule has 0 aromatic heterocycles. The van der Waals surface area contributed by atoms with Gasteiger partial charge in [0.2, 0.25) is 0 Å². The summed E-state index contributed by atoms with van der Waals surface area (Å²) < 4.78 is 6.49. The third-order valence-corrected chi connectivity index (χ3v) is 4.02. The molecular formula is C16H15BrN2O. The molecule has 1 heterocycles. The van der Waals surface area contributed by atoms with Gasteiger partial charge in [-0.15, -0.1) is 0 Å². The highest BCUT2D eigenvalue weighted by molar-refractivity contribution is 9.10. The second-order valence-corrected chi connectivity index (χ2v) is 5.89. The third kappa shape index (κ3) is 2.20. The summed E-state index contributed by atoms with van der Waals surface area (Å²) in [7, 11) is 0. The summed E-state index contributed by atoms with van der Waals surface area (Å²) in [5.74, 6) is 0. The Bertz CT molecular complexity index is 636. The number of aliphatic imine (C=N–C) groups is 1. The van der Waals surface area contributed by atoms with Gasteiger partial charge in [-0.2, -0.15) is 0 Å². The number of hydrogen-bond donors (Lipinski definition) is 1. The molecular weight excluding hydrogens is 316 g/mol. The highest BCUT2D eigenvalue weighted by Gasteiger charge is 2.40. The molecule has 0 aliphatic carbocycles. The second kappa shape index (κ2) is 4.94. The van der Waals surface area contributed by atoms with Crippen LogP contribution < -0.4 is 5.73 Å². The van der Waals surface area contributed by atoms with Gasteiger partial charge < -0.3 is 10.5 Å². The molecule has 2 aromatic rings. The van der Waals surface area contributed by atoms with E-state index < -0.39 is 5.54 Å². The van der Waals surface area contributed by atoms with Crippen molar-refractivity contribution in [1.29, 1.82) is 0 Å². The van der Waals surface area contributed by atoms with Crippen molar-refractivity contribution < 1.29 is 4.74 Å². The SMILES string of the molecule is Cc1cccc([C@]2(c3cccc(Br)c3)COC(N)=N2)c1. The summed E-state index contributed by atoms with van der Waals surface area (Å²) in [6, 6.07) is 16.7. The largest absolute Gasteiger partial charge is 0.462 e. The van der Waals surface area contributed by atoms with Crippen molar-refractivity contribution in [2.75, 3.05) is 6.61 Å². The van der Waals surface area contributed by atoms with Crippen molar-refractivity contribution in [3.8, 4) is 0 Å². The van der Waals surface area contributed by atoms with E-state index in [9.17, 15) is 0 Å². The zero-order valence-electron chi connectivity index (χ0n) is 11.1. The van der Waals surface area contributed by atoms with E-state index in [0.717, 1.165) is 15.6 Å². The number of nitrogens with zero attached hydrogens (tertiary/aromatic N) is 1. The standard InChI is InChI=1S/C16H15BrN2O/c1-11-4-2-5-12(8-11)16(10-20-15(18)19-16)13-6-3-7-14(17)9-13/h2-9H,10H2,1H3,(H2,18,19)/t16-/m0/s1. The quantitative estimate of drug-likeness (QED) is 0.917. The van der Waals surface area contributed by atoms with Crippen molar-refractivity contribution in [3.63, 3.8) is 0 Å². The highest BCUT2D eigenvalue weighted by atomic mass is 79.9. The van der Waals surface area contributed by atoms with E-state index in [1.165, 1.54) is 5.56 Å². The first-order valence-corrected chi connectivity index (χ1v) is 7.21.